The van der Waals surface area contributed by atoms with E-state index in [0.717, 1.165) is 18.1 Å². The van der Waals surface area contributed by atoms with Crippen molar-refractivity contribution >= 4 is 0 Å². The molecule has 0 radical (unpaired) electrons. The van der Waals surface area contributed by atoms with E-state index in [4.69, 9.17) is 0 Å². The third-order valence-corrected chi connectivity index (χ3v) is 5.62. The molecule has 0 bridgehead atoms. The molecule has 1 aliphatic heterocycles. The highest BCUT2D eigenvalue weighted by Gasteiger charge is 2.30. The molecule has 2 atom stereocenters. The Kier molecular flexibility index (Phi) is 5.30. The van der Waals surface area contributed by atoms with Crippen molar-refractivity contribution in [2.75, 3.05) is 13.6 Å². The maximum absolute atomic E-state index is 3.69. The van der Waals surface area contributed by atoms with Gasteiger partial charge in [0.25, 0.3) is 0 Å². The molecule has 0 aromatic carbocycles. The van der Waals surface area contributed by atoms with Crippen molar-refractivity contribution < 1.29 is 0 Å². The van der Waals surface area contributed by atoms with Gasteiger partial charge in [0.15, 0.2) is 0 Å². The van der Waals surface area contributed by atoms with Crippen LogP contribution in [0.5, 0.6) is 0 Å². The van der Waals surface area contributed by atoms with Crippen LogP contribution in [-0.2, 0) is 0 Å². The topological polar surface area (TPSA) is 15.3 Å². The van der Waals surface area contributed by atoms with E-state index in [9.17, 15) is 0 Å². The molecule has 2 rings (SSSR count). The van der Waals surface area contributed by atoms with Gasteiger partial charge in [-0.25, -0.2) is 0 Å². The van der Waals surface area contributed by atoms with Crippen LogP contribution in [0.3, 0.4) is 0 Å². The van der Waals surface area contributed by atoms with Crippen molar-refractivity contribution in [1.29, 1.82) is 0 Å². The summed E-state index contributed by atoms with van der Waals surface area (Å²) in [6.07, 6.45) is 11.1. The summed E-state index contributed by atoms with van der Waals surface area (Å²) < 4.78 is 0. The van der Waals surface area contributed by atoms with Crippen LogP contribution < -0.4 is 5.32 Å². The molecule has 1 heterocycles. The Morgan fingerprint density at radius 3 is 2.42 bits per heavy atom. The second kappa shape index (κ2) is 6.58. The average molecular weight is 266 g/mol. The summed E-state index contributed by atoms with van der Waals surface area (Å²) >= 11 is 0. The first-order chi connectivity index (χ1) is 8.98. The maximum atomic E-state index is 3.69. The molecule has 19 heavy (non-hydrogen) atoms. The summed E-state index contributed by atoms with van der Waals surface area (Å²) in [6, 6.07) is 2.32. The summed E-state index contributed by atoms with van der Waals surface area (Å²) in [5, 5.41) is 3.69. The first-order valence-corrected chi connectivity index (χ1v) is 8.43. The molecule has 0 spiro atoms. The summed E-state index contributed by atoms with van der Waals surface area (Å²) in [5.41, 5.74) is 0.589. The van der Waals surface area contributed by atoms with E-state index in [1.807, 2.05) is 0 Å². The molecule has 0 aromatic rings. The van der Waals surface area contributed by atoms with Gasteiger partial charge in [-0.1, -0.05) is 20.3 Å². The highest BCUT2D eigenvalue weighted by Crippen LogP contribution is 2.37. The molecule has 112 valence electrons. The fraction of sp³-hybridized carbons (Fsp3) is 1.00. The van der Waals surface area contributed by atoms with Crippen molar-refractivity contribution in [3.05, 3.63) is 0 Å². The van der Waals surface area contributed by atoms with Crippen molar-refractivity contribution in [3.8, 4) is 0 Å². The van der Waals surface area contributed by atoms with Crippen LogP contribution in [0.25, 0.3) is 0 Å². The number of hydrogen-bond donors (Lipinski definition) is 1. The monoisotopic (exact) mass is 266 g/mol. The predicted molar refractivity (Wildman–Crippen MR) is 83.5 cm³/mol. The first kappa shape index (κ1) is 15.3. The van der Waals surface area contributed by atoms with Gasteiger partial charge in [-0.05, 0) is 70.9 Å². The molecule has 0 amide bonds. The fourth-order valence-corrected chi connectivity index (χ4v) is 3.85. The van der Waals surface area contributed by atoms with Crippen LogP contribution in [0.15, 0.2) is 0 Å². The van der Waals surface area contributed by atoms with Gasteiger partial charge in [0, 0.05) is 18.1 Å². The van der Waals surface area contributed by atoms with E-state index in [1.165, 1.54) is 57.9 Å². The van der Waals surface area contributed by atoms with Gasteiger partial charge < -0.3 is 10.2 Å². The van der Waals surface area contributed by atoms with Gasteiger partial charge in [-0.3, -0.25) is 0 Å². The molecular formula is C17H34N2. The zero-order valence-corrected chi connectivity index (χ0v) is 13.5. The van der Waals surface area contributed by atoms with Crippen molar-refractivity contribution in [1.82, 2.24) is 10.2 Å². The van der Waals surface area contributed by atoms with E-state index >= 15 is 0 Å². The van der Waals surface area contributed by atoms with E-state index in [-0.39, 0.29) is 0 Å². The minimum Gasteiger partial charge on any atom is -0.314 e. The van der Waals surface area contributed by atoms with Crippen LogP contribution >= 0.6 is 0 Å². The number of nitrogens with one attached hydrogen (secondary N) is 1. The van der Waals surface area contributed by atoms with Crippen LogP contribution in [0.1, 0.15) is 72.1 Å². The van der Waals surface area contributed by atoms with Crippen molar-refractivity contribution in [2.45, 2.75) is 90.3 Å². The molecule has 1 aliphatic carbocycles. The molecule has 1 N–H and O–H groups in total. The van der Waals surface area contributed by atoms with Gasteiger partial charge in [-0.15, -0.1) is 0 Å². The van der Waals surface area contributed by atoms with Gasteiger partial charge in [0.1, 0.15) is 0 Å². The molecule has 2 aliphatic rings. The zero-order valence-electron chi connectivity index (χ0n) is 13.5. The fourth-order valence-electron chi connectivity index (χ4n) is 3.85. The Morgan fingerprint density at radius 2 is 1.84 bits per heavy atom. The van der Waals surface area contributed by atoms with E-state index in [2.05, 4.69) is 38.0 Å². The van der Waals surface area contributed by atoms with Gasteiger partial charge in [-0.2, -0.15) is 0 Å². The lowest BCUT2D eigenvalue weighted by atomic mass is 9.75. The number of rotatable bonds is 4. The first-order valence-electron chi connectivity index (χ1n) is 8.43. The second-order valence-electron chi connectivity index (χ2n) is 7.79. The zero-order chi connectivity index (χ0) is 13.9. The Labute approximate surface area is 120 Å². The third-order valence-electron chi connectivity index (χ3n) is 5.62. The normalized spacial score (nSPS) is 30.5. The number of nitrogens with zero attached hydrogens (tertiary/aromatic N) is 1. The number of piperidine rings is 1. The molecule has 2 unspecified atom stereocenters. The summed E-state index contributed by atoms with van der Waals surface area (Å²) in [7, 11) is 2.36. The molecule has 2 heteroatoms. The molecule has 2 fully saturated rings. The largest absolute Gasteiger partial charge is 0.314 e. The lowest BCUT2D eigenvalue weighted by Gasteiger charge is -2.42. The van der Waals surface area contributed by atoms with Crippen molar-refractivity contribution in [2.24, 2.45) is 5.41 Å². The molecule has 2 nitrogen and oxygen atoms in total. The number of hydrogen-bond acceptors (Lipinski definition) is 2. The predicted octanol–water partition coefficient (Wildman–Crippen LogP) is 3.81. The van der Waals surface area contributed by atoms with Gasteiger partial charge >= 0.3 is 0 Å². The Morgan fingerprint density at radius 1 is 1.16 bits per heavy atom. The van der Waals surface area contributed by atoms with E-state index < -0.39 is 0 Å². The minimum absolute atomic E-state index is 0.589. The van der Waals surface area contributed by atoms with Crippen LogP contribution in [0, 0.1) is 5.41 Å². The lowest BCUT2D eigenvalue weighted by Crippen LogP contribution is -2.45. The average Bonchev–Trinajstić information content (AvgIpc) is 2.39. The van der Waals surface area contributed by atoms with Gasteiger partial charge in [0.2, 0.25) is 0 Å². The smallest absolute Gasteiger partial charge is 0.00954 e. The second-order valence-corrected chi connectivity index (χ2v) is 7.79. The minimum atomic E-state index is 0.589. The van der Waals surface area contributed by atoms with Crippen LogP contribution in [-0.4, -0.2) is 36.6 Å². The highest BCUT2D eigenvalue weighted by atomic mass is 15.2. The van der Waals surface area contributed by atoms with E-state index in [0.29, 0.717) is 5.41 Å². The highest BCUT2D eigenvalue weighted by molar-refractivity contribution is 4.86. The molecule has 0 aromatic heterocycles. The molecule has 1 saturated carbocycles. The van der Waals surface area contributed by atoms with Crippen LogP contribution in [0.2, 0.25) is 0 Å². The lowest BCUT2D eigenvalue weighted by molar-refractivity contribution is 0.0910. The van der Waals surface area contributed by atoms with E-state index in [1.54, 1.807) is 0 Å². The maximum Gasteiger partial charge on any atom is 0.00954 e. The summed E-state index contributed by atoms with van der Waals surface area (Å²) in [6.45, 7) is 8.52. The molecular weight excluding hydrogens is 232 g/mol. The summed E-state index contributed by atoms with van der Waals surface area (Å²) in [5.74, 6) is 0. The summed E-state index contributed by atoms with van der Waals surface area (Å²) in [4.78, 5) is 2.67. The Balaban J connectivity index is 1.77. The third kappa shape index (κ3) is 4.46. The molecule has 1 saturated heterocycles. The quantitative estimate of drug-likeness (QED) is 0.832. The SMILES string of the molecule is CC(CC1CCCCN1)N(C)C1CCC(C)(C)CC1. The van der Waals surface area contributed by atoms with Crippen molar-refractivity contribution in [3.63, 3.8) is 0 Å². The Hall–Kier alpha value is -0.0800. The Bertz CT molecular complexity index is 258. The standard InChI is InChI=1S/C17H34N2/c1-14(13-15-7-5-6-12-18-15)19(4)16-8-10-17(2,3)11-9-16/h14-16,18H,5-13H2,1-4H3. The van der Waals surface area contributed by atoms with Gasteiger partial charge in [0.05, 0.1) is 0 Å². The van der Waals surface area contributed by atoms with Crippen LogP contribution in [0.4, 0.5) is 0 Å².